The fraction of sp³-hybridized carbons (Fsp3) is 0.0833. The number of pyridine rings is 1. The minimum Gasteiger partial charge on any atom is -0.487 e. The maximum atomic E-state index is 10.3. The highest BCUT2D eigenvalue weighted by Gasteiger charge is 1.98. The second kappa shape index (κ2) is 5.62. The van der Waals surface area contributed by atoms with E-state index < -0.39 is 5.97 Å². The summed E-state index contributed by atoms with van der Waals surface area (Å²) in [5.74, 6) is -0.423. The molecule has 0 radical (unpaired) electrons. The highest BCUT2D eigenvalue weighted by Crippen LogP contribution is 2.12. The molecule has 6 nitrogen and oxygen atoms in total. The van der Waals surface area contributed by atoms with Crippen LogP contribution in [0.5, 0.6) is 5.75 Å². The Labute approximate surface area is 103 Å². The molecule has 0 aromatic carbocycles. The van der Waals surface area contributed by atoms with Crippen LogP contribution in [0.25, 0.3) is 6.08 Å². The lowest BCUT2D eigenvalue weighted by Crippen LogP contribution is -1.94. The Morgan fingerprint density at radius 1 is 1.44 bits per heavy atom. The van der Waals surface area contributed by atoms with E-state index >= 15 is 0 Å². The van der Waals surface area contributed by atoms with Crippen LogP contribution in [-0.4, -0.2) is 21.2 Å². The highest BCUT2D eigenvalue weighted by molar-refractivity contribution is 5.84. The number of aromatic nitrogens is 2. The molecule has 0 saturated heterocycles. The van der Waals surface area contributed by atoms with E-state index in [1.165, 1.54) is 18.5 Å². The van der Waals surface area contributed by atoms with Crippen LogP contribution in [-0.2, 0) is 11.4 Å². The largest absolute Gasteiger partial charge is 0.487 e. The fourth-order valence-corrected chi connectivity index (χ4v) is 1.20. The maximum Gasteiger partial charge on any atom is 0.328 e. The van der Waals surface area contributed by atoms with E-state index in [1.807, 2.05) is 0 Å². The molecule has 0 saturated carbocycles. The first-order valence-electron chi connectivity index (χ1n) is 5.12. The molecule has 0 spiro atoms. The molecule has 0 aliphatic carbocycles. The molecule has 0 unspecified atom stereocenters. The van der Waals surface area contributed by atoms with Gasteiger partial charge in [-0.2, -0.15) is 0 Å². The molecule has 0 aliphatic heterocycles. The summed E-state index contributed by atoms with van der Waals surface area (Å²) in [6, 6.07) is 3.38. The van der Waals surface area contributed by atoms with Gasteiger partial charge >= 0.3 is 5.97 Å². The molecule has 92 valence electrons. The number of hydrogen-bond donors (Lipinski definition) is 1. The number of nitrogens with zero attached hydrogens (tertiary/aromatic N) is 2. The van der Waals surface area contributed by atoms with Gasteiger partial charge in [-0.1, -0.05) is 5.16 Å². The Bertz CT molecular complexity index is 532. The average Bonchev–Trinajstić information content (AvgIpc) is 2.88. The molecule has 0 bridgehead atoms. The van der Waals surface area contributed by atoms with Crippen molar-refractivity contribution < 1.29 is 19.2 Å². The SMILES string of the molecule is O=C(O)C=Cc1ccc(OCc2cnoc2)cn1. The number of ether oxygens (including phenoxy) is 1. The summed E-state index contributed by atoms with van der Waals surface area (Å²) in [7, 11) is 0. The number of carboxylic acid groups (broad SMARTS) is 1. The quantitative estimate of drug-likeness (QED) is 0.809. The average molecular weight is 246 g/mol. The van der Waals surface area contributed by atoms with Crippen LogP contribution in [0.4, 0.5) is 0 Å². The Morgan fingerprint density at radius 3 is 2.94 bits per heavy atom. The van der Waals surface area contributed by atoms with E-state index in [0.717, 1.165) is 11.6 Å². The minimum atomic E-state index is -1.01. The molecule has 0 fully saturated rings. The van der Waals surface area contributed by atoms with Crippen LogP contribution in [0, 0.1) is 0 Å². The number of aliphatic carboxylic acids is 1. The highest BCUT2D eigenvalue weighted by atomic mass is 16.5. The van der Waals surface area contributed by atoms with E-state index in [2.05, 4.69) is 14.7 Å². The van der Waals surface area contributed by atoms with Gasteiger partial charge in [0.05, 0.1) is 18.1 Å². The Hall–Kier alpha value is -2.63. The van der Waals surface area contributed by atoms with Crippen LogP contribution < -0.4 is 4.74 Å². The third-order valence-corrected chi connectivity index (χ3v) is 2.04. The predicted molar refractivity (Wildman–Crippen MR) is 61.7 cm³/mol. The minimum absolute atomic E-state index is 0.343. The van der Waals surface area contributed by atoms with Gasteiger partial charge in [0.2, 0.25) is 0 Å². The molecule has 0 aliphatic rings. The topological polar surface area (TPSA) is 85.5 Å². The lowest BCUT2D eigenvalue weighted by atomic mass is 10.3. The van der Waals surface area contributed by atoms with Gasteiger partial charge in [-0.15, -0.1) is 0 Å². The molecule has 1 N–H and O–H groups in total. The standard InChI is InChI=1S/C12H10N2O4/c15-12(16)4-2-10-1-3-11(6-13-10)17-7-9-5-14-18-8-9/h1-6,8H,7H2,(H,15,16). The molecule has 2 heterocycles. The first kappa shape index (κ1) is 11.8. The van der Waals surface area contributed by atoms with Crippen molar-refractivity contribution in [1.82, 2.24) is 10.1 Å². The van der Waals surface area contributed by atoms with E-state index in [1.54, 1.807) is 18.3 Å². The van der Waals surface area contributed by atoms with Crippen LogP contribution in [0.1, 0.15) is 11.3 Å². The van der Waals surface area contributed by atoms with Gasteiger partial charge in [-0.25, -0.2) is 4.79 Å². The van der Waals surface area contributed by atoms with Crippen LogP contribution in [0.3, 0.4) is 0 Å². The lowest BCUT2D eigenvalue weighted by molar-refractivity contribution is -0.131. The lowest BCUT2D eigenvalue weighted by Gasteiger charge is -2.03. The van der Waals surface area contributed by atoms with E-state index in [0.29, 0.717) is 18.1 Å². The number of carbonyl (C=O) groups is 1. The summed E-state index contributed by atoms with van der Waals surface area (Å²) in [4.78, 5) is 14.4. The molecule has 0 amide bonds. The molecule has 2 aromatic heterocycles. The summed E-state index contributed by atoms with van der Waals surface area (Å²) < 4.78 is 10.1. The van der Waals surface area contributed by atoms with Crippen LogP contribution in [0.2, 0.25) is 0 Å². The van der Waals surface area contributed by atoms with Gasteiger partial charge in [0.15, 0.2) is 0 Å². The summed E-state index contributed by atoms with van der Waals surface area (Å²) in [5, 5.41) is 12.0. The molecule has 2 aromatic rings. The van der Waals surface area contributed by atoms with E-state index in [9.17, 15) is 4.79 Å². The summed E-state index contributed by atoms with van der Waals surface area (Å²) in [5.41, 5.74) is 1.37. The zero-order chi connectivity index (χ0) is 12.8. The van der Waals surface area contributed by atoms with Gasteiger partial charge in [0.25, 0.3) is 0 Å². The van der Waals surface area contributed by atoms with Crippen molar-refractivity contribution in [3.63, 3.8) is 0 Å². The molecular formula is C12H10N2O4. The second-order valence-electron chi connectivity index (χ2n) is 3.41. The zero-order valence-electron chi connectivity index (χ0n) is 9.31. The van der Waals surface area contributed by atoms with Crippen LogP contribution in [0.15, 0.2) is 41.4 Å². The zero-order valence-corrected chi connectivity index (χ0v) is 9.31. The number of rotatable bonds is 5. The smallest absolute Gasteiger partial charge is 0.328 e. The van der Waals surface area contributed by atoms with Crippen molar-refractivity contribution in [2.24, 2.45) is 0 Å². The third-order valence-electron chi connectivity index (χ3n) is 2.04. The van der Waals surface area contributed by atoms with Gasteiger partial charge in [-0.05, 0) is 18.2 Å². The number of carboxylic acids is 1. The van der Waals surface area contributed by atoms with Gasteiger partial charge in [-0.3, -0.25) is 4.98 Å². The van der Waals surface area contributed by atoms with Gasteiger partial charge < -0.3 is 14.4 Å². The first-order valence-corrected chi connectivity index (χ1v) is 5.12. The third kappa shape index (κ3) is 3.44. The van der Waals surface area contributed by atoms with Crippen molar-refractivity contribution in [1.29, 1.82) is 0 Å². The monoisotopic (exact) mass is 246 g/mol. The van der Waals surface area contributed by atoms with Gasteiger partial charge in [0, 0.05) is 11.6 Å². The summed E-state index contributed by atoms with van der Waals surface area (Å²) >= 11 is 0. The molecule has 0 atom stereocenters. The Balaban J connectivity index is 1.93. The van der Waals surface area contributed by atoms with Crippen molar-refractivity contribution in [2.75, 3.05) is 0 Å². The van der Waals surface area contributed by atoms with Crippen molar-refractivity contribution >= 4 is 12.0 Å². The normalized spacial score (nSPS) is 10.7. The van der Waals surface area contributed by atoms with Crippen molar-refractivity contribution in [3.05, 3.63) is 48.1 Å². The first-order chi connectivity index (χ1) is 8.74. The fourth-order valence-electron chi connectivity index (χ4n) is 1.20. The van der Waals surface area contributed by atoms with Crippen LogP contribution >= 0.6 is 0 Å². The maximum absolute atomic E-state index is 10.3. The van der Waals surface area contributed by atoms with Gasteiger partial charge in [0.1, 0.15) is 18.6 Å². The molecule has 18 heavy (non-hydrogen) atoms. The Kier molecular flexibility index (Phi) is 3.70. The number of hydrogen-bond acceptors (Lipinski definition) is 5. The Morgan fingerprint density at radius 2 is 2.33 bits per heavy atom. The summed E-state index contributed by atoms with van der Waals surface area (Å²) in [6.45, 7) is 0.343. The van der Waals surface area contributed by atoms with E-state index in [-0.39, 0.29) is 0 Å². The summed E-state index contributed by atoms with van der Waals surface area (Å²) in [6.07, 6.45) is 7.02. The van der Waals surface area contributed by atoms with Crippen molar-refractivity contribution in [3.8, 4) is 5.75 Å². The van der Waals surface area contributed by atoms with Crippen molar-refractivity contribution in [2.45, 2.75) is 6.61 Å². The molecule has 6 heteroatoms. The molecule has 2 rings (SSSR count). The predicted octanol–water partition coefficient (Wildman–Crippen LogP) is 1.75. The second-order valence-corrected chi connectivity index (χ2v) is 3.41. The molecular weight excluding hydrogens is 236 g/mol. The van der Waals surface area contributed by atoms with E-state index in [4.69, 9.17) is 9.84 Å².